The van der Waals surface area contributed by atoms with E-state index in [0.717, 1.165) is 24.8 Å². The number of nitriles is 1. The summed E-state index contributed by atoms with van der Waals surface area (Å²) in [6.07, 6.45) is 4.32. The second-order valence-electron chi connectivity index (χ2n) is 5.04. The van der Waals surface area contributed by atoms with Crippen LogP contribution >= 0.6 is 0 Å². The molecule has 1 N–H and O–H groups in total. The Balaban J connectivity index is 2.94. The zero-order chi connectivity index (χ0) is 17.1. The fourth-order valence-corrected chi connectivity index (χ4v) is 1.90. The summed E-state index contributed by atoms with van der Waals surface area (Å²) in [6.45, 7) is 5.21. The van der Waals surface area contributed by atoms with E-state index in [0.29, 0.717) is 24.7 Å². The van der Waals surface area contributed by atoms with Crippen LogP contribution in [0.5, 0.6) is 11.5 Å². The predicted octanol–water partition coefficient (Wildman–Crippen LogP) is 3.31. The lowest BCUT2D eigenvalue weighted by Gasteiger charge is -2.10. The average Bonchev–Trinajstić information content (AvgIpc) is 2.57. The van der Waals surface area contributed by atoms with E-state index in [2.05, 4.69) is 5.32 Å². The summed E-state index contributed by atoms with van der Waals surface area (Å²) in [4.78, 5) is 12.0. The third-order valence-corrected chi connectivity index (χ3v) is 3.14. The normalized spacial score (nSPS) is 10.8. The van der Waals surface area contributed by atoms with Crippen molar-refractivity contribution in [2.24, 2.45) is 0 Å². The van der Waals surface area contributed by atoms with Gasteiger partial charge in [0.15, 0.2) is 11.5 Å². The second-order valence-corrected chi connectivity index (χ2v) is 5.04. The molecule has 1 amide bonds. The molecule has 5 nitrogen and oxygen atoms in total. The highest BCUT2D eigenvalue weighted by molar-refractivity contribution is 6.01. The lowest BCUT2D eigenvalue weighted by Crippen LogP contribution is -2.25. The Bertz CT molecular complexity index is 588. The summed E-state index contributed by atoms with van der Waals surface area (Å²) in [7, 11) is 1.57. The summed E-state index contributed by atoms with van der Waals surface area (Å²) >= 11 is 0. The fourth-order valence-electron chi connectivity index (χ4n) is 1.90. The Labute approximate surface area is 137 Å². The van der Waals surface area contributed by atoms with Crippen molar-refractivity contribution in [1.82, 2.24) is 5.32 Å². The van der Waals surface area contributed by atoms with E-state index >= 15 is 0 Å². The molecule has 0 radical (unpaired) electrons. The van der Waals surface area contributed by atoms with Crippen LogP contribution in [0.25, 0.3) is 6.08 Å². The summed E-state index contributed by atoms with van der Waals surface area (Å²) in [5.41, 5.74) is 0.798. The highest BCUT2D eigenvalue weighted by atomic mass is 16.5. The number of rotatable bonds is 9. The van der Waals surface area contributed by atoms with E-state index in [-0.39, 0.29) is 11.5 Å². The van der Waals surface area contributed by atoms with Crippen molar-refractivity contribution in [1.29, 1.82) is 5.26 Å². The third kappa shape index (κ3) is 6.03. The summed E-state index contributed by atoms with van der Waals surface area (Å²) in [5.74, 6) is 0.876. The lowest BCUT2D eigenvalue weighted by atomic mass is 10.1. The number of amides is 1. The van der Waals surface area contributed by atoms with Crippen LogP contribution in [0.3, 0.4) is 0 Å². The second kappa shape index (κ2) is 10.3. The molecule has 0 spiro atoms. The van der Waals surface area contributed by atoms with Crippen molar-refractivity contribution in [3.8, 4) is 17.6 Å². The third-order valence-electron chi connectivity index (χ3n) is 3.14. The highest BCUT2D eigenvalue weighted by Crippen LogP contribution is 2.29. The van der Waals surface area contributed by atoms with Crippen LogP contribution in [0.2, 0.25) is 0 Å². The van der Waals surface area contributed by atoms with Crippen molar-refractivity contribution >= 4 is 12.0 Å². The van der Waals surface area contributed by atoms with E-state index in [9.17, 15) is 10.1 Å². The molecule has 0 saturated heterocycles. The van der Waals surface area contributed by atoms with Gasteiger partial charge in [-0.2, -0.15) is 5.26 Å². The van der Waals surface area contributed by atoms with Gasteiger partial charge in [-0.15, -0.1) is 0 Å². The van der Waals surface area contributed by atoms with Crippen molar-refractivity contribution < 1.29 is 14.3 Å². The molecule has 0 aliphatic heterocycles. The first-order valence-electron chi connectivity index (χ1n) is 7.87. The highest BCUT2D eigenvalue weighted by Gasteiger charge is 2.10. The lowest BCUT2D eigenvalue weighted by molar-refractivity contribution is -0.117. The molecule has 0 atom stereocenters. The summed E-state index contributed by atoms with van der Waals surface area (Å²) in [6, 6.07) is 7.27. The molecule has 0 unspecified atom stereocenters. The number of ether oxygens (including phenoxy) is 2. The predicted molar refractivity (Wildman–Crippen MR) is 90.3 cm³/mol. The standard InChI is InChI=1S/C18H24N2O3/c1-4-6-9-20-18(21)15(13-19)11-14-7-8-16(22-3)17(12-14)23-10-5-2/h7-8,11-12H,4-6,9-10H2,1-3H3,(H,20,21)/b15-11+. The topological polar surface area (TPSA) is 71.4 Å². The number of unbranched alkanes of at least 4 members (excludes halogenated alkanes) is 1. The number of methoxy groups -OCH3 is 1. The zero-order valence-electron chi connectivity index (χ0n) is 14.0. The molecule has 0 saturated carbocycles. The Kier molecular flexibility index (Phi) is 8.30. The van der Waals surface area contributed by atoms with Gasteiger partial charge in [0.1, 0.15) is 11.6 Å². The molecule has 1 rings (SSSR count). The molecular formula is C18H24N2O3. The van der Waals surface area contributed by atoms with Crippen molar-refractivity contribution in [3.63, 3.8) is 0 Å². The minimum absolute atomic E-state index is 0.0766. The van der Waals surface area contributed by atoms with Crippen molar-refractivity contribution in [3.05, 3.63) is 29.3 Å². The minimum atomic E-state index is -0.354. The van der Waals surface area contributed by atoms with Crippen LogP contribution in [-0.2, 0) is 4.79 Å². The molecule has 5 heteroatoms. The molecule has 124 valence electrons. The van der Waals surface area contributed by atoms with Gasteiger partial charge in [-0.25, -0.2) is 0 Å². The Morgan fingerprint density at radius 3 is 2.70 bits per heavy atom. The van der Waals surface area contributed by atoms with Gasteiger partial charge < -0.3 is 14.8 Å². The van der Waals surface area contributed by atoms with Crippen molar-refractivity contribution in [2.75, 3.05) is 20.3 Å². The van der Waals surface area contributed by atoms with Gasteiger partial charge >= 0.3 is 0 Å². The SMILES string of the molecule is CCCCNC(=O)/C(C#N)=C/c1ccc(OC)c(OCCC)c1. The molecule has 1 aromatic carbocycles. The van der Waals surface area contributed by atoms with Crippen LogP contribution < -0.4 is 14.8 Å². The fraction of sp³-hybridized carbons (Fsp3) is 0.444. The number of benzene rings is 1. The molecule has 0 fully saturated rings. The first-order valence-corrected chi connectivity index (χ1v) is 7.87. The van der Waals surface area contributed by atoms with Gasteiger partial charge in [0.2, 0.25) is 0 Å². The van der Waals surface area contributed by atoms with E-state index in [1.807, 2.05) is 19.9 Å². The monoisotopic (exact) mass is 316 g/mol. The number of nitrogens with one attached hydrogen (secondary N) is 1. The van der Waals surface area contributed by atoms with E-state index in [1.54, 1.807) is 31.4 Å². The van der Waals surface area contributed by atoms with E-state index < -0.39 is 0 Å². The van der Waals surface area contributed by atoms with Crippen LogP contribution in [0.1, 0.15) is 38.7 Å². The number of hydrogen-bond donors (Lipinski definition) is 1. The zero-order valence-corrected chi connectivity index (χ0v) is 14.0. The molecule has 0 aliphatic rings. The Hall–Kier alpha value is -2.48. The van der Waals surface area contributed by atoms with E-state index in [1.165, 1.54) is 0 Å². The minimum Gasteiger partial charge on any atom is -0.493 e. The van der Waals surface area contributed by atoms with Gasteiger partial charge in [-0.3, -0.25) is 4.79 Å². The number of carbonyl (C=O) groups excluding carboxylic acids is 1. The number of nitrogens with zero attached hydrogens (tertiary/aromatic N) is 1. The van der Waals surface area contributed by atoms with Crippen molar-refractivity contribution in [2.45, 2.75) is 33.1 Å². The van der Waals surface area contributed by atoms with Gasteiger partial charge in [-0.05, 0) is 36.6 Å². The molecule has 1 aromatic rings. The summed E-state index contributed by atoms with van der Waals surface area (Å²) < 4.78 is 10.9. The van der Waals surface area contributed by atoms with Gasteiger partial charge in [0.25, 0.3) is 5.91 Å². The molecule has 0 aliphatic carbocycles. The van der Waals surface area contributed by atoms with Gasteiger partial charge in [-0.1, -0.05) is 26.3 Å². The Morgan fingerprint density at radius 1 is 1.30 bits per heavy atom. The van der Waals surface area contributed by atoms with Gasteiger partial charge in [0.05, 0.1) is 13.7 Å². The smallest absolute Gasteiger partial charge is 0.261 e. The first-order chi connectivity index (χ1) is 11.2. The quantitative estimate of drug-likeness (QED) is 0.431. The number of hydrogen-bond acceptors (Lipinski definition) is 4. The van der Waals surface area contributed by atoms with Crippen LogP contribution in [-0.4, -0.2) is 26.2 Å². The van der Waals surface area contributed by atoms with E-state index in [4.69, 9.17) is 9.47 Å². The van der Waals surface area contributed by atoms with Gasteiger partial charge in [0, 0.05) is 6.54 Å². The first kappa shape index (κ1) is 18.6. The molecular weight excluding hydrogens is 292 g/mol. The maximum atomic E-state index is 12.0. The average molecular weight is 316 g/mol. The molecule has 23 heavy (non-hydrogen) atoms. The van der Waals surface area contributed by atoms with Crippen LogP contribution in [0, 0.1) is 11.3 Å². The molecule has 0 bridgehead atoms. The summed E-state index contributed by atoms with van der Waals surface area (Å²) in [5, 5.41) is 11.9. The van der Waals surface area contributed by atoms with Crippen LogP contribution in [0.4, 0.5) is 0 Å². The van der Waals surface area contributed by atoms with Crippen LogP contribution in [0.15, 0.2) is 23.8 Å². The maximum absolute atomic E-state index is 12.0. The molecule has 0 aromatic heterocycles. The number of carbonyl (C=O) groups is 1. The Morgan fingerprint density at radius 2 is 2.09 bits per heavy atom. The largest absolute Gasteiger partial charge is 0.493 e. The molecule has 0 heterocycles. The maximum Gasteiger partial charge on any atom is 0.261 e.